The molecular formula is C21H31N3O4S. The van der Waals surface area contributed by atoms with Crippen LogP contribution in [-0.2, 0) is 21.4 Å². The maximum Gasteiger partial charge on any atom is 0.276 e. The third kappa shape index (κ3) is 5.28. The molecule has 0 amide bonds. The normalized spacial score (nSPS) is 27.0. The van der Waals surface area contributed by atoms with E-state index in [4.69, 9.17) is 4.74 Å². The van der Waals surface area contributed by atoms with E-state index < -0.39 is 16.3 Å². The molecule has 1 saturated carbocycles. The Morgan fingerprint density at radius 3 is 2.59 bits per heavy atom. The van der Waals surface area contributed by atoms with Gasteiger partial charge in [-0.25, -0.2) is 4.72 Å². The average Bonchev–Trinajstić information content (AvgIpc) is 2.71. The van der Waals surface area contributed by atoms with Gasteiger partial charge in [-0.05, 0) is 58.4 Å². The molecule has 0 aromatic carbocycles. The van der Waals surface area contributed by atoms with Crippen LogP contribution in [0.15, 0.2) is 16.9 Å². The van der Waals surface area contributed by atoms with Gasteiger partial charge in [-0.3, -0.25) is 4.79 Å². The van der Waals surface area contributed by atoms with Gasteiger partial charge >= 0.3 is 0 Å². The highest BCUT2D eigenvalue weighted by molar-refractivity contribution is 7.87. The highest BCUT2D eigenvalue weighted by Gasteiger charge is 2.34. The molecule has 1 fully saturated rings. The maximum atomic E-state index is 12.9. The molecule has 0 radical (unpaired) electrons. The molecule has 2 heterocycles. The number of hydrogen-bond acceptors (Lipinski definition) is 4. The van der Waals surface area contributed by atoms with Crippen LogP contribution in [0.25, 0.3) is 0 Å². The fourth-order valence-electron chi connectivity index (χ4n) is 4.34. The zero-order chi connectivity index (χ0) is 21.0. The second kappa shape index (κ2) is 9.43. The molecule has 7 nitrogen and oxygen atoms in total. The summed E-state index contributed by atoms with van der Waals surface area (Å²) in [5.41, 5.74) is 1.50. The van der Waals surface area contributed by atoms with Gasteiger partial charge in [-0.2, -0.15) is 13.1 Å². The fraction of sp³-hybridized carbons (Fsp3) is 0.667. The van der Waals surface area contributed by atoms with Gasteiger partial charge in [0, 0.05) is 30.3 Å². The molecule has 29 heavy (non-hydrogen) atoms. The van der Waals surface area contributed by atoms with Gasteiger partial charge in [0.1, 0.15) is 0 Å². The van der Waals surface area contributed by atoms with Crippen molar-refractivity contribution in [3.8, 4) is 11.8 Å². The van der Waals surface area contributed by atoms with E-state index in [2.05, 4.69) is 21.3 Å². The lowest BCUT2D eigenvalue weighted by Gasteiger charge is -2.37. The number of hydrogen-bond donors (Lipinski definition) is 2. The first-order valence-electron chi connectivity index (χ1n) is 10.3. The Labute approximate surface area is 173 Å². The van der Waals surface area contributed by atoms with Crippen LogP contribution in [0.4, 0.5) is 0 Å². The molecule has 1 aromatic heterocycles. The highest BCUT2D eigenvalue weighted by Crippen LogP contribution is 2.29. The number of aromatic nitrogens is 1. The molecule has 0 unspecified atom stereocenters. The standard InChI is InChI=1S/C21H31N3O4S/c1-4-5-16-7-11-18(12-8-16)28-14-20-19(23-29(26,27)22-3)13-10-17-9-6-15(2)21(25)24(17)20/h6,9,16,18-20,22-23H,7-8,10-14H2,1-3H3/t16?,18?,19-,20-/m0/s1. The summed E-state index contributed by atoms with van der Waals surface area (Å²) < 4.78 is 37.2. The van der Waals surface area contributed by atoms with Crippen LogP contribution in [0.2, 0.25) is 0 Å². The summed E-state index contributed by atoms with van der Waals surface area (Å²) in [5, 5.41) is 0. The van der Waals surface area contributed by atoms with E-state index in [-0.39, 0.29) is 17.7 Å². The molecule has 1 aliphatic carbocycles. The number of aryl methyl sites for hydroxylation is 2. The summed E-state index contributed by atoms with van der Waals surface area (Å²) in [6.07, 6.45) is 5.30. The van der Waals surface area contributed by atoms with E-state index in [0.29, 0.717) is 30.9 Å². The molecule has 3 rings (SSSR count). The zero-order valence-electron chi connectivity index (χ0n) is 17.4. The first kappa shape index (κ1) is 22.0. The Balaban J connectivity index is 1.79. The van der Waals surface area contributed by atoms with Crippen LogP contribution < -0.4 is 15.0 Å². The Morgan fingerprint density at radius 1 is 1.21 bits per heavy atom. The molecule has 2 atom stereocenters. The van der Waals surface area contributed by atoms with E-state index in [1.54, 1.807) is 11.5 Å². The van der Waals surface area contributed by atoms with Crippen molar-refractivity contribution in [2.45, 2.75) is 70.6 Å². The van der Waals surface area contributed by atoms with Gasteiger partial charge in [-0.1, -0.05) is 6.07 Å². The summed E-state index contributed by atoms with van der Waals surface area (Å²) in [6.45, 7) is 3.96. The monoisotopic (exact) mass is 421 g/mol. The Hall–Kier alpha value is -1.66. The minimum absolute atomic E-state index is 0.0774. The Morgan fingerprint density at radius 2 is 1.93 bits per heavy atom. The van der Waals surface area contributed by atoms with Crippen LogP contribution in [-0.4, -0.2) is 38.8 Å². The molecule has 8 heteroatoms. The number of rotatable bonds is 6. The molecular weight excluding hydrogens is 390 g/mol. The van der Waals surface area contributed by atoms with Crippen LogP contribution in [0.1, 0.15) is 56.3 Å². The van der Waals surface area contributed by atoms with Crippen molar-refractivity contribution >= 4 is 10.2 Å². The quantitative estimate of drug-likeness (QED) is 0.684. The second-order valence-corrected chi connectivity index (χ2v) is 9.57. The lowest BCUT2D eigenvalue weighted by molar-refractivity contribution is -0.00301. The smallest absolute Gasteiger partial charge is 0.276 e. The third-order valence-corrected chi connectivity index (χ3v) is 7.15. The fourth-order valence-corrected chi connectivity index (χ4v) is 5.13. The van der Waals surface area contributed by atoms with Crippen molar-refractivity contribution in [1.82, 2.24) is 14.0 Å². The summed E-state index contributed by atoms with van der Waals surface area (Å²) in [5.74, 6) is 6.67. The van der Waals surface area contributed by atoms with E-state index in [1.165, 1.54) is 7.05 Å². The molecule has 2 N–H and O–H groups in total. The molecule has 160 valence electrons. The van der Waals surface area contributed by atoms with Crippen molar-refractivity contribution in [1.29, 1.82) is 0 Å². The summed E-state index contributed by atoms with van der Waals surface area (Å²) >= 11 is 0. The van der Waals surface area contributed by atoms with Gasteiger partial charge in [0.2, 0.25) is 0 Å². The van der Waals surface area contributed by atoms with Gasteiger partial charge < -0.3 is 9.30 Å². The molecule has 0 spiro atoms. The number of nitrogens with one attached hydrogen (secondary N) is 2. The van der Waals surface area contributed by atoms with Crippen LogP contribution in [0.3, 0.4) is 0 Å². The lowest BCUT2D eigenvalue weighted by atomic mass is 9.88. The molecule has 1 aromatic rings. The maximum absolute atomic E-state index is 12.9. The van der Waals surface area contributed by atoms with E-state index in [9.17, 15) is 13.2 Å². The zero-order valence-corrected chi connectivity index (χ0v) is 18.2. The average molecular weight is 422 g/mol. The number of nitrogens with zero attached hydrogens (tertiary/aromatic N) is 1. The minimum Gasteiger partial charge on any atom is -0.376 e. The van der Waals surface area contributed by atoms with Gasteiger partial charge in [-0.15, -0.1) is 11.8 Å². The van der Waals surface area contributed by atoms with Crippen molar-refractivity contribution < 1.29 is 13.2 Å². The predicted molar refractivity (Wildman–Crippen MR) is 113 cm³/mol. The largest absolute Gasteiger partial charge is 0.376 e. The van der Waals surface area contributed by atoms with Gasteiger partial charge in [0.15, 0.2) is 0 Å². The molecule has 0 saturated heterocycles. The minimum atomic E-state index is -3.62. The number of fused-ring (bicyclic) bond motifs is 1. The second-order valence-electron chi connectivity index (χ2n) is 7.92. The lowest BCUT2D eigenvalue weighted by Crippen LogP contribution is -2.52. The highest BCUT2D eigenvalue weighted by atomic mass is 32.2. The predicted octanol–water partition coefficient (Wildman–Crippen LogP) is 1.67. The topological polar surface area (TPSA) is 89.4 Å². The van der Waals surface area contributed by atoms with Gasteiger partial charge in [0.05, 0.1) is 18.8 Å². The Bertz CT molecular complexity index is 937. The Kier molecular flexibility index (Phi) is 7.17. The molecule has 2 aliphatic rings. The van der Waals surface area contributed by atoms with Crippen molar-refractivity contribution in [2.75, 3.05) is 13.7 Å². The molecule has 1 aliphatic heterocycles. The first-order valence-corrected chi connectivity index (χ1v) is 11.8. The van der Waals surface area contributed by atoms with E-state index >= 15 is 0 Å². The van der Waals surface area contributed by atoms with E-state index in [0.717, 1.165) is 31.4 Å². The van der Waals surface area contributed by atoms with E-state index in [1.807, 2.05) is 19.1 Å². The third-order valence-electron chi connectivity index (χ3n) is 6.00. The van der Waals surface area contributed by atoms with Crippen molar-refractivity contribution in [2.24, 2.45) is 5.92 Å². The summed E-state index contributed by atoms with van der Waals surface area (Å²) in [7, 11) is -2.25. The van der Waals surface area contributed by atoms with Crippen molar-refractivity contribution in [3.63, 3.8) is 0 Å². The summed E-state index contributed by atoms with van der Waals surface area (Å²) in [4.78, 5) is 12.9. The first-order chi connectivity index (χ1) is 13.8. The van der Waals surface area contributed by atoms with Gasteiger partial charge in [0.25, 0.3) is 15.8 Å². The van der Waals surface area contributed by atoms with Crippen molar-refractivity contribution in [3.05, 3.63) is 33.7 Å². The van der Waals surface area contributed by atoms with Crippen LogP contribution in [0.5, 0.6) is 0 Å². The van der Waals surface area contributed by atoms with Crippen LogP contribution >= 0.6 is 0 Å². The van der Waals surface area contributed by atoms with Crippen LogP contribution in [0, 0.1) is 24.7 Å². The molecule has 0 bridgehead atoms. The summed E-state index contributed by atoms with van der Waals surface area (Å²) in [6, 6.07) is 3.02. The SMILES string of the molecule is CC#CC1CCC(OC[C@H]2[C@@H](NS(=O)(=O)NC)CCc3ccc(C)c(=O)n32)CC1. The number of ether oxygens (including phenoxy) is 1. The number of pyridine rings is 1.